The maximum absolute atomic E-state index is 13.9. The number of carbonyl (C=O) groups is 2. The molecule has 1 aliphatic carbocycles. The highest BCUT2D eigenvalue weighted by molar-refractivity contribution is 6.00. The van der Waals surface area contributed by atoms with Gasteiger partial charge >= 0.3 is 0 Å². The van der Waals surface area contributed by atoms with Crippen molar-refractivity contribution >= 4 is 11.8 Å². The van der Waals surface area contributed by atoms with Gasteiger partial charge in [0.25, 0.3) is 5.91 Å². The zero-order chi connectivity index (χ0) is 25.1. The third-order valence-corrected chi connectivity index (χ3v) is 8.02. The molecule has 2 aromatic rings. The molecule has 2 amide bonds. The number of hydrogen-bond acceptors (Lipinski definition) is 5. The number of rotatable bonds is 6. The molecule has 0 unspecified atom stereocenters. The summed E-state index contributed by atoms with van der Waals surface area (Å²) >= 11 is 0. The van der Waals surface area contributed by atoms with Crippen molar-refractivity contribution in [3.8, 4) is 17.0 Å². The molecule has 1 saturated heterocycles. The van der Waals surface area contributed by atoms with E-state index in [-0.39, 0.29) is 24.0 Å². The van der Waals surface area contributed by atoms with Crippen molar-refractivity contribution < 1.29 is 19.1 Å². The highest BCUT2D eigenvalue weighted by Crippen LogP contribution is 2.32. The van der Waals surface area contributed by atoms with E-state index in [0.717, 1.165) is 49.8 Å². The Kier molecular flexibility index (Phi) is 7.32. The molecule has 36 heavy (non-hydrogen) atoms. The van der Waals surface area contributed by atoms with Crippen LogP contribution < -0.4 is 10.1 Å². The fraction of sp³-hybridized carbons (Fsp3) is 0.607. The third-order valence-electron chi connectivity index (χ3n) is 8.02. The van der Waals surface area contributed by atoms with Crippen molar-refractivity contribution in [3.05, 3.63) is 36.0 Å². The van der Waals surface area contributed by atoms with E-state index in [2.05, 4.69) is 5.32 Å². The first-order chi connectivity index (χ1) is 17.5. The van der Waals surface area contributed by atoms with Crippen LogP contribution in [-0.2, 0) is 16.1 Å². The molecule has 0 spiro atoms. The summed E-state index contributed by atoms with van der Waals surface area (Å²) in [4.78, 5) is 29.5. The minimum atomic E-state index is -1.04. The van der Waals surface area contributed by atoms with E-state index in [1.54, 1.807) is 16.7 Å². The number of methoxy groups -OCH3 is 1. The molecule has 2 aliphatic heterocycles. The van der Waals surface area contributed by atoms with E-state index in [1.165, 1.54) is 19.3 Å². The number of carbonyl (C=O) groups excluding carboxylic acids is 2. The van der Waals surface area contributed by atoms with Gasteiger partial charge in [0.2, 0.25) is 5.91 Å². The number of benzene rings is 1. The van der Waals surface area contributed by atoms with Crippen molar-refractivity contribution in [3.63, 3.8) is 0 Å². The minimum absolute atomic E-state index is 0.0435. The van der Waals surface area contributed by atoms with E-state index in [0.29, 0.717) is 31.1 Å². The van der Waals surface area contributed by atoms with Crippen LogP contribution in [0.25, 0.3) is 11.3 Å². The van der Waals surface area contributed by atoms with E-state index in [9.17, 15) is 9.59 Å². The van der Waals surface area contributed by atoms with Crippen LogP contribution in [0.1, 0.15) is 75.2 Å². The fourth-order valence-electron chi connectivity index (χ4n) is 5.76. The maximum Gasteiger partial charge on any atom is 0.273 e. The van der Waals surface area contributed by atoms with Crippen molar-refractivity contribution in [1.82, 2.24) is 20.0 Å². The van der Waals surface area contributed by atoms with Gasteiger partial charge in [0.15, 0.2) is 0 Å². The highest BCUT2D eigenvalue weighted by Gasteiger charge is 2.49. The summed E-state index contributed by atoms with van der Waals surface area (Å²) in [7, 11) is 1.63. The minimum Gasteiger partial charge on any atom is -0.497 e. The van der Waals surface area contributed by atoms with Gasteiger partial charge in [-0.05, 0) is 62.9 Å². The predicted octanol–water partition coefficient (Wildman–Crippen LogP) is 4.18. The Morgan fingerprint density at radius 2 is 1.83 bits per heavy atom. The smallest absolute Gasteiger partial charge is 0.273 e. The van der Waals surface area contributed by atoms with Crippen LogP contribution >= 0.6 is 0 Å². The predicted molar refractivity (Wildman–Crippen MR) is 137 cm³/mol. The zero-order valence-corrected chi connectivity index (χ0v) is 21.5. The summed E-state index contributed by atoms with van der Waals surface area (Å²) in [5.41, 5.74) is 1.08. The van der Waals surface area contributed by atoms with Crippen LogP contribution in [0.4, 0.5) is 0 Å². The molecule has 1 saturated carbocycles. The molecule has 5 rings (SSSR count). The first-order valence-corrected chi connectivity index (χ1v) is 13.4. The number of amides is 2. The van der Waals surface area contributed by atoms with Gasteiger partial charge in [0, 0.05) is 24.8 Å². The van der Waals surface area contributed by atoms with E-state index >= 15 is 0 Å². The molecule has 0 radical (unpaired) electrons. The lowest BCUT2D eigenvalue weighted by molar-refractivity contribution is -0.134. The average Bonchev–Trinajstić information content (AvgIpc) is 3.53. The Labute approximate surface area is 213 Å². The SMILES string of the molecule is COc1ccc(-c2cc3n(n2)C[C@](C)(C(=O)NC2CCCCCCC2)N(C[C@H]2CCCO2)C3=O)cc1. The molecule has 0 bridgehead atoms. The summed E-state index contributed by atoms with van der Waals surface area (Å²) in [5, 5.41) is 8.09. The van der Waals surface area contributed by atoms with Crippen molar-refractivity contribution in [2.45, 2.75) is 88.9 Å². The molecule has 194 valence electrons. The molecular weight excluding hydrogens is 456 g/mol. The summed E-state index contributed by atoms with van der Waals surface area (Å²) in [6, 6.07) is 9.62. The normalized spacial score (nSPS) is 25.2. The van der Waals surface area contributed by atoms with Gasteiger partial charge in [-0.3, -0.25) is 14.3 Å². The van der Waals surface area contributed by atoms with E-state index in [1.807, 2.05) is 37.3 Å². The monoisotopic (exact) mass is 494 g/mol. The van der Waals surface area contributed by atoms with Crippen molar-refractivity contribution in [2.75, 3.05) is 20.3 Å². The Balaban J connectivity index is 1.43. The fourth-order valence-corrected chi connectivity index (χ4v) is 5.76. The van der Waals surface area contributed by atoms with Gasteiger partial charge in [-0.15, -0.1) is 0 Å². The average molecular weight is 495 g/mol. The summed E-state index contributed by atoms with van der Waals surface area (Å²) in [6.45, 7) is 3.32. The van der Waals surface area contributed by atoms with E-state index < -0.39 is 5.54 Å². The lowest BCUT2D eigenvalue weighted by Crippen LogP contribution is -2.66. The lowest BCUT2D eigenvalue weighted by Gasteiger charge is -2.44. The number of aromatic nitrogens is 2. The molecule has 1 N–H and O–H groups in total. The first kappa shape index (κ1) is 24.8. The molecule has 3 heterocycles. The highest BCUT2D eigenvalue weighted by atomic mass is 16.5. The second-order valence-electron chi connectivity index (χ2n) is 10.6. The maximum atomic E-state index is 13.9. The van der Waals surface area contributed by atoms with Gasteiger partial charge in [-0.1, -0.05) is 32.1 Å². The second-order valence-corrected chi connectivity index (χ2v) is 10.6. The third kappa shape index (κ3) is 5.01. The van der Waals surface area contributed by atoms with Gasteiger partial charge in [-0.25, -0.2) is 0 Å². The van der Waals surface area contributed by atoms with Crippen LogP contribution in [0, 0.1) is 0 Å². The Morgan fingerprint density at radius 1 is 1.11 bits per heavy atom. The number of nitrogens with zero attached hydrogens (tertiary/aromatic N) is 3. The molecule has 2 atom stereocenters. The van der Waals surface area contributed by atoms with Gasteiger partial charge < -0.3 is 19.7 Å². The molecule has 8 nitrogen and oxygen atoms in total. The molecule has 8 heteroatoms. The summed E-state index contributed by atoms with van der Waals surface area (Å²) in [6.07, 6.45) is 9.82. The quantitative estimate of drug-likeness (QED) is 0.651. The lowest BCUT2D eigenvalue weighted by atomic mass is 9.92. The molecule has 1 aromatic carbocycles. The Hall–Kier alpha value is -2.87. The Bertz CT molecular complexity index is 1070. The molecule has 2 fully saturated rings. The second kappa shape index (κ2) is 10.6. The number of ether oxygens (including phenoxy) is 2. The molecule has 1 aromatic heterocycles. The van der Waals surface area contributed by atoms with Crippen LogP contribution in [0.5, 0.6) is 5.75 Å². The van der Waals surface area contributed by atoms with Crippen LogP contribution in [0.3, 0.4) is 0 Å². The largest absolute Gasteiger partial charge is 0.497 e. The standard InChI is InChI=1S/C28H38N4O4/c1-28(27(34)29-21-9-6-4-3-5-7-10-21)19-32-25(26(33)31(28)18-23-11-8-16-36-23)17-24(30-32)20-12-14-22(35-2)15-13-20/h12-15,17,21,23H,3-11,16,18-19H2,1-2H3,(H,29,34)/t23-,28-/m1/s1. The van der Waals surface area contributed by atoms with Gasteiger partial charge in [0.05, 0.1) is 25.5 Å². The Morgan fingerprint density at radius 3 is 2.50 bits per heavy atom. The first-order valence-electron chi connectivity index (χ1n) is 13.4. The topological polar surface area (TPSA) is 85.7 Å². The number of fused-ring (bicyclic) bond motifs is 1. The van der Waals surface area contributed by atoms with Crippen molar-refractivity contribution in [2.24, 2.45) is 0 Å². The van der Waals surface area contributed by atoms with Crippen LogP contribution in [0.2, 0.25) is 0 Å². The number of hydrogen-bond donors (Lipinski definition) is 1. The van der Waals surface area contributed by atoms with Gasteiger partial charge in [0.1, 0.15) is 17.0 Å². The van der Waals surface area contributed by atoms with Crippen molar-refractivity contribution in [1.29, 1.82) is 0 Å². The zero-order valence-electron chi connectivity index (χ0n) is 21.5. The van der Waals surface area contributed by atoms with Crippen LogP contribution in [0.15, 0.2) is 30.3 Å². The number of nitrogens with one attached hydrogen (secondary N) is 1. The van der Waals surface area contributed by atoms with Crippen LogP contribution in [-0.4, -0.2) is 64.4 Å². The van der Waals surface area contributed by atoms with E-state index in [4.69, 9.17) is 14.6 Å². The molecular formula is C28H38N4O4. The summed E-state index contributed by atoms with van der Waals surface area (Å²) < 4.78 is 12.9. The van der Waals surface area contributed by atoms with Gasteiger partial charge in [-0.2, -0.15) is 5.10 Å². The summed E-state index contributed by atoms with van der Waals surface area (Å²) in [5.74, 6) is 0.505. The molecule has 3 aliphatic rings.